The molecule has 0 bridgehead atoms. The summed E-state index contributed by atoms with van der Waals surface area (Å²) in [5, 5.41) is 18.0. The third-order valence-electron chi connectivity index (χ3n) is 4.43. The smallest absolute Gasteiger partial charge is 0.272 e. The first-order chi connectivity index (χ1) is 14.6. The SMILES string of the molecule is Cc1c(C(=O)NCc2cccnc2)nn(C(C)(C)C)c1Oc1ccc([N+](=O)[O-])cc1F. The molecule has 1 aromatic carbocycles. The maximum Gasteiger partial charge on any atom is 0.272 e. The van der Waals surface area contributed by atoms with E-state index in [1.807, 2.05) is 26.8 Å². The fourth-order valence-electron chi connectivity index (χ4n) is 2.83. The number of carbonyl (C=O) groups excluding carboxylic acids is 1. The van der Waals surface area contributed by atoms with Crippen LogP contribution >= 0.6 is 0 Å². The highest BCUT2D eigenvalue weighted by molar-refractivity contribution is 5.94. The van der Waals surface area contributed by atoms with Crippen LogP contribution in [0.15, 0.2) is 42.7 Å². The van der Waals surface area contributed by atoms with E-state index in [0.29, 0.717) is 5.56 Å². The molecule has 0 saturated heterocycles. The average molecular weight is 427 g/mol. The summed E-state index contributed by atoms with van der Waals surface area (Å²) in [6, 6.07) is 6.71. The van der Waals surface area contributed by atoms with Crippen LogP contribution in [0, 0.1) is 22.9 Å². The fraction of sp³-hybridized carbons (Fsp3) is 0.286. The lowest BCUT2D eigenvalue weighted by molar-refractivity contribution is -0.385. The van der Waals surface area contributed by atoms with Crippen LogP contribution in [0.1, 0.15) is 42.4 Å². The van der Waals surface area contributed by atoms with Crippen molar-refractivity contribution in [3.8, 4) is 11.6 Å². The molecule has 1 N–H and O–H groups in total. The van der Waals surface area contributed by atoms with Gasteiger partial charge in [-0.1, -0.05) is 6.07 Å². The molecule has 3 aromatic rings. The quantitative estimate of drug-likeness (QED) is 0.468. The Morgan fingerprint density at radius 3 is 2.65 bits per heavy atom. The normalized spacial score (nSPS) is 11.3. The minimum atomic E-state index is -0.891. The summed E-state index contributed by atoms with van der Waals surface area (Å²) in [5.74, 6) is -1.34. The molecular weight excluding hydrogens is 405 g/mol. The van der Waals surface area contributed by atoms with Gasteiger partial charge >= 0.3 is 0 Å². The highest BCUT2D eigenvalue weighted by Crippen LogP contribution is 2.34. The number of nitro benzene ring substituents is 1. The number of non-ortho nitro benzene ring substituents is 1. The third-order valence-corrected chi connectivity index (χ3v) is 4.43. The number of nitro groups is 1. The van der Waals surface area contributed by atoms with Gasteiger partial charge in [0.2, 0.25) is 5.88 Å². The van der Waals surface area contributed by atoms with Gasteiger partial charge < -0.3 is 10.1 Å². The van der Waals surface area contributed by atoms with E-state index in [-0.39, 0.29) is 29.6 Å². The van der Waals surface area contributed by atoms with Gasteiger partial charge in [0.1, 0.15) is 0 Å². The van der Waals surface area contributed by atoms with Crippen molar-refractivity contribution in [1.29, 1.82) is 0 Å². The third kappa shape index (κ3) is 4.85. The number of ether oxygens (including phenoxy) is 1. The number of amides is 1. The van der Waals surface area contributed by atoms with Crippen molar-refractivity contribution in [2.24, 2.45) is 0 Å². The van der Waals surface area contributed by atoms with E-state index in [1.165, 1.54) is 10.7 Å². The molecule has 0 unspecified atom stereocenters. The number of carbonyl (C=O) groups is 1. The Bertz CT molecular complexity index is 1120. The number of benzene rings is 1. The van der Waals surface area contributed by atoms with E-state index in [4.69, 9.17) is 4.74 Å². The maximum atomic E-state index is 14.4. The molecule has 1 amide bonds. The monoisotopic (exact) mass is 427 g/mol. The van der Waals surface area contributed by atoms with Crippen LogP contribution in [-0.2, 0) is 12.1 Å². The summed E-state index contributed by atoms with van der Waals surface area (Å²) in [6.45, 7) is 7.48. The predicted molar refractivity (Wildman–Crippen MR) is 110 cm³/mol. The Balaban J connectivity index is 1.92. The van der Waals surface area contributed by atoms with Crippen LogP contribution in [-0.4, -0.2) is 25.6 Å². The number of nitrogens with one attached hydrogen (secondary N) is 1. The van der Waals surface area contributed by atoms with Gasteiger partial charge in [-0.3, -0.25) is 19.9 Å². The first kappa shape index (κ1) is 21.9. The Morgan fingerprint density at radius 2 is 2.06 bits per heavy atom. The number of nitrogens with zero attached hydrogens (tertiary/aromatic N) is 4. The molecule has 2 aromatic heterocycles. The van der Waals surface area contributed by atoms with Gasteiger partial charge in [-0.05, 0) is 45.4 Å². The van der Waals surface area contributed by atoms with Gasteiger partial charge in [0.05, 0.1) is 16.5 Å². The van der Waals surface area contributed by atoms with Gasteiger partial charge in [0.15, 0.2) is 17.3 Å². The molecular formula is C21H22FN5O4. The minimum absolute atomic E-state index is 0.135. The summed E-state index contributed by atoms with van der Waals surface area (Å²) in [4.78, 5) is 26.9. The lowest BCUT2D eigenvalue weighted by Crippen LogP contribution is -2.26. The fourth-order valence-corrected chi connectivity index (χ4v) is 2.83. The van der Waals surface area contributed by atoms with Crippen molar-refractivity contribution < 1.29 is 18.8 Å². The second-order valence-electron chi connectivity index (χ2n) is 7.88. The molecule has 3 rings (SSSR count). The van der Waals surface area contributed by atoms with Crippen LogP contribution in [0.5, 0.6) is 11.6 Å². The molecule has 0 atom stereocenters. The summed E-state index contributed by atoms with van der Waals surface area (Å²) in [5.41, 5.74) is 0.404. The maximum absolute atomic E-state index is 14.4. The Labute approximate surface area is 178 Å². The van der Waals surface area contributed by atoms with Gasteiger partial charge in [-0.25, -0.2) is 9.07 Å². The summed E-state index contributed by atoms with van der Waals surface area (Å²) < 4.78 is 21.6. The zero-order valence-corrected chi connectivity index (χ0v) is 17.5. The number of pyridine rings is 1. The van der Waals surface area contributed by atoms with E-state index in [0.717, 1.165) is 17.7 Å². The van der Waals surface area contributed by atoms with Crippen molar-refractivity contribution >= 4 is 11.6 Å². The van der Waals surface area contributed by atoms with Crippen LogP contribution in [0.3, 0.4) is 0 Å². The Hall–Kier alpha value is -3.82. The average Bonchev–Trinajstić information content (AvgIpc) is 3.05. The standard InChI is InChI=1S/C21H22FN5O4/c1-13-18(19(28)24-12-14-6-5-9-23-11-14)25-26(21(2,3)4)20(13)31-17-8-7-15(27(29)30)10-16(17)22/h5-11H,12H2,1-4H3,(H,24,28). The highest BCUT2D eigenvalue weighted by atomic mass is 19.1. The Kier molecular flexibility index (Phi) is 6.00. The van der Waals surface area contributed by atoms with Crippen LogP contribution in [0.4, 0.5) is 10.1 Å². The zero-order chi connectivity index (χ0) is 22.8. The second kappa shape index (κ2) is 8.50. The highest BCUT2D eigenvalue weighted by Gasteiger charge is 2.28. The van der Waals surface area contributed by atoms with Gasteiger partial charge in [0, 0.05) is 30.6 Å². The lowest BCUT2D eigenvalue weighted by Gasteiger charge is -2.22. The van der Waals surface area contributed by atoms with Crippen molar-refractivity contribution in [3.63, 3.8) is 0 Å². The van der Waals surface area contributed by atoms with Crippen molar-refractivity contribution in [2.75, 3.05) is 0 Å². The molecule has 2 heterocycles. The van der Waals surface area contributed by atoms with Crippen molar-refractivity contribution in [2.45, 2.75) is 39.8 Å². The number of hydrogen-bond acceptors (Lipinski definition) is 6. The summed E-state index contributed by atoms with van der Waals surface area (Å²) in [6.07, 6.45) is 3.29. The van der Waals surface area contributed by atoms with Crippen LogP contribution in [0.25, 0.3) is 0 Å². The number of halogens is 1. The molecule has 0 saturated carbocycles. The molecule has 0 spiro atoms. The topological polar surface area (TPSA) is 112 Å². The van der Waals surface area contributed by atoms with E-state index in [1.54, 1.807) is 25.4 Å². The van der Waals surface area contributed by atoms with Crippen LogP contribution in [0.2, 0.25) is 0 Å². The first-order valence-electron chi connectivity index (χ1n) is 9.47. The molecule has 9 nitrogen and oxygen atoms in total. The summed E-state index contributed by atoms with van der Waals surface area (Å²) in [7, 11) is 0. The largest absolute Gasteiger partial charge is 0.436 e. The molecule has 0 aliphatic rings. The molecule has 162 valence electrons. The summed E-state index contributed by atoms with van der Waals surface area (Å²) >= 11 is 0. The van der Waals surface area contributed by atoms with E-state index < -0.39 is 22.2 Å². The van der Waals surface area contributed by atoms with Crippen molar-refractivity contribution in [1.82, 2.24) is 20.1 Å². The minimum Gasteiger partial charge on any atom is -0.436 e. The Morgan fingerprint density at radius 1 is 1.32 bits per heavy atom. The van der Waals surface area contributed by atoms with Crippen LogP contribution < -0.4 is 10.1 Å². The number of rotatable bonds is 6. The molecule has 0 fully saturated rings. The number of aromatic nitrogens is 3. The lowest BCUT2D eigenvalue weighted by atomic mass is 10.1. The zero-order valence-electron chi connectivity index (χ0n) is 17.5. The van der Waals surface area contributed by atoms with E-state index in [2.05, 4.69) is 15.4 Å². The molecule has 0 aliphatic carbocycles. The van der Waals surface area contributed by atoms with Gasteiger partial charge in [-0.15, -0.1) is 0 Å². The van der Waals surface area contributed by atoms with Gasteiger partial charge in [-0.2, -0.15) is 5.10 Å². The van der Waals surface area contributed by atoms with Gasteiger partial charge in [0.25, 0.3) is 11.6 Å². The molecule has 0 aliphatic heterocycles. The number of hydrogen-bond donors (Lipinski definition) is 1. The van der Waals surface area contributed by atoms with E-state index >= 15 is 0 Å². The van der Waals surface area contributed by atoms with E-state index in [9.17, 15) is 19.3 Å². The second-order valence-corrected chi connectivity index (χ2v) is 7.88. The molecule has 0 radical (unpaired) electrons. The molecule has 31 heavy (non-hydrogen) atoms. The molecule has 10 heteroatoms. The predicted octanol–water partition coefficient (Wildman–Crippen LogP) is 4.11. The first-order valence-corrected chi connectivity index (χ1v) is 9.47. The van der Waals surface area contributed by atoms with Crippen molar-refractivity contribution in [3.05, 3.63) is 75.5 Å².